The number of benzene rings is 2. The SMILES string of the molecule is CNC(=O)[C@H](C)N(CCc1ccccc1)C(=O)CSc1ccc(C)cc1. The molecule has 0 heterocycles. The highest BCUT2D eigenvalue weighted by molar-refractivity contribution is 8.00. The summed E-state index contributed by atoms with van der Waals surface area (Å²) in [5.41, 5.74) is 2.35. The first kappa shape index (κ1) is 20.0. The first-order chi connectivity index (χ1) is 12.5. The van der Waals surface area contributed by atoms with E-state index in [2.05, 4.69) is 5.32 Å². The van der Waals surface area contributed by atoms with Crippen molar-refractivity contribution in [3.05, 3.63) is 65.7 Å². The van der Waals surface area contributed by atoms with E-state index < -0.39 is 6.04 Å². The molecule has 138 valence electrons. The zero-order valence-corrected chi connectivity index (χ0v) is 16.4. The number of likely N-dealkylation sites (N-methyl/N-ethyl adjacent to an activating group) is 1. The molecule has 4 nitrogen and oxygen atoms in total. The van der Waals surface area contributed by atoms with Crippen LogP contribution in [0, 0.1) is 6.92 Å². The highest BCUT2D eigenvalue weighted by Crippen LogP contribution is 2.19. The van der Waals surface area contributed by atoms with Crippen molar-refractivity contribution in [1.82, 2.24) is 10.2 Å². The van der Waals surface area contributed by atoms with Crippen molar-refractivity contribution in [2.75, 3.05) is 19.3 Å². The summed E-state index contributed by atoms with van der Waals surface area (Å²) in [4.78, 5) is 27.6. The fourth-order valence-corrected chi connectivity index (χ4v) is 3.43. The van der Waals surface area contributed by atoms with Gasteiger partial charge in [-0.25, -0.2) is 0 Å². The molecule has 2 rings (SSSR count). The Kier molecular flexibility index (Phi) is 7.73. The summed E-state index contributed by atoms with van der Waals surface area (Å²) >= 11 is 1.50. The van der Waals surface area contributed by atoms with E-state index in [1.165, 1.54) is 17.3 Å². The molecular formula is C21H26N2O2S. The maximum Gasteiger partial charge on any atom is 0.242 e. The van der Waals surface area contributed by atoms with Crippen LogP contribution in [0.25, 0.3) is 0 Å². The van der Waals surface area contributed by atoms with Crippen LogP contribution in [0.15, 0.2) is 59.5 Å². The van der Waals surface area contributed by atoms with Gasteiger partial charge in [0, 0.05) is 18.5 Å². The molecule has 2 aromatic rings. The van der Waals surface area contributed by atoms with E-state index in [1.807, 2.05) is 61.5 Å². The third kappa shape index (κ3) is 5.92. The molecule has 0 saturated carbocycles. The Morgan fingerprint density at radius 2 is 1.73 bits per heavy atom. The van der Waals surface area contributed by atoms with Crippen molar-refractivity contribution in [3.8, 4) is 0 Å². The number of rotatable bonds is 8. The number of carbonyl (C=O) groups is 2. The van der Waals surface area contributed by atoms with Gasteiger partial charge in [0.2, 0.25) is 11.8 Å². The van der Waals surface area contributed by atoms with Crippen molar-refractivity contribution in [2.45, 2.75) is 31.2 Å². The summed E-state index contributed by atoms with van der Waals surface area (Å²) < 4.78 is 0. The molecule has 0 bridgehead atoms. The van der Waals surface area contributed by atoms with Crippen LogP contribution >= 0.6 is 11.8 Å². The van der Waals surface area contributed by atoms with E-state index in [0.717, 1.165) is 16.9 Å². The van der Waals surface area contributed by atoms with Crippen LogP contribution in [0.5, 0.6) is 0 Å². The summed E-state index contributed by atoms with van der Waals surface area (Å²) in [5, 5.41) is 2.64. The number of carbonyl (C=O) groups excluding carboxylic acids is 2. The maximum atomic E-state index is 12.8. The maximum absolute atomic E-state index is 12.8. The number of nitrogens with one attached hydrogen (secondary N) is 1. The highest BCUT2D eigenvalue weighted by Gasteiger charge is 2.24. The van der Waals surface area contributed by atoms with E-state index in [9.17, 15) is 9.59 Å². The largest absolute Gasteiger partial charge is 0.357 e. The molecule has 0 aliphatic rings. The zero-order valence-electron chi connectivity index (χ0n) is 15.6. The number of nitrogens with zero attached hydrogens (tertiary/aromatic N) is 1. The van der Waals surface area contributed by atoms with Crippen molar-refractivity contribution in [3.63, 3.8) is 0 Å². The second-order valence-electron chi connectivity index (χ2n) is 6.21. The summed E-state index contributed by atoms with van der Waals surface area (Å²) in [6.07, 6.45) is 0.725. The van der Waals surface area contributed by atoms with Crippen LogP contribution in [0.3, 0.4) is 0 Å². The van der Waals surface area contributed by atoms with Crippen LogP contribution in [0.4, 0.5) is 0 Å². The van der Waals surface area contributed by atoms with Gasteiger partial charge in [-0.2, -0.15) is 0 Å². The van der Waals surface area contributed by atoms with Crippen molar-refractivity contribution >= 4 is 23.6 Å². The van der Waals surface area contributed by atoms with Gasteiger partial charge in [-0.3, -0.25) is 9.59 Å². The fourth-order valence-electron chi connectivity index (χ4n) is 2.64. The van der Waals surface area contributed by atoms with Gasteiger partial charge in [-0.1, -0.05) is 48.0 Å². The number of hydrogen-bond acceptors (Lipinski definition) is 3. The van der Waals surface area contributed by atoms with Gasteiger partial charge in [-0.15, -0.1) is 11.8 Å². The summed E-state index contributed by atoms with van der Waals surface area (Å²) in [6, 6.07) is 17.6. The molecule has 2 aromatic carbocycles. The lowest BCUT2D eigenvalue weighted by molar-refractivity contribution is -0.137. The van der Waals surface area contributed by atoms with E-state index in [-0.39, 0.29) is 11.8 Å². The van der Waals surface area contributed by atoms with Crippen LogP contribution < -0.4 is 5.32 Å². The topological polar surface area (TPSA) is 49.4 Å². The first-order valence-corrected chi connectivity index (χ1v) is 9.74. The van der Waals surface area contributed by atoms with Gasteiger partial charge in [0.15, 0.2) is 0 Å². The number of aryl methyl sites for hydroxylation is 1. The van der Waals surface area contributed by atoms with E-state index >= 15 is 0 Å². The van der Waals surface area contributed by atoms with Gasteiger partial charge in [0.1, 0.15) is 6.04 Å². The van der Waals surface area contributed by atoms with E-state index in [0.29, 0.717) is 12.3 Å². The van der Waals surface area contributed by atoms with Gasteiger partial charge in [0.25, 0.3) is 0 Å². The molecular weight excluding hydrogens is 344 g/mol. The third-order valence-corrected chi connectivity index (χ3v) is 5.28. The van der Waals surface area contributed by atoms with E-state index in [4.69, 9.17) is 0 Å². The average molecular weight is 371 g/mol. The van der Waals surface area contributed by atoms with Crippen LogP contribution in [0.1, 0.15) is 18.1 Å². The molecule has 0 unspecified atom stereocenters. The van der Waals surface area contributed by atoms with Crippen molar-refractivity contribution in [2.24, 2.45) is 0 Å². The molecule has 0 aromatic heterocycles. The van der Waals surface area contributed by atoms with Crippen molar-refractivity contribution < 1.29 is 9.59 Å². The minimum Gasteiger partial charge on any atom is -0.357 e. The summed E-state index contributed by atoms with van der Waals surface area (Å²) in [6.45, 7) is 4.33. The van der Waals surface area contributed by atoms with Crippen LogP contribution in [-0.4, -0.2) is 42.1 Å². The molecule has 0 spiro atoms. The van der Waals surface area contributed by atoms with Gasteiger partial charge in [-0.05, 0) is 38.0 Å². The Balaban J connectivity index is 2.02. The number of amides is 2. The lowest BCUT2D eigenvalue weighted by atomic mass is 10.1. The Bertz CT molecular complexity index is 717. The molecule has 0 aliphatic heterocycles. The van der Waals surface area contributed by atoms with Gasteiger partial charge < -0.3 is 10.2 Å². The minimum atomic E-state index is -0.491. The summed E-state index contributed by atoms with van der Waals surface area (Å²) in [7, 11) is 1.60. The smallest absolute Gasteiger partial charge is 0.242 e. The van der Waals surface area contributed by atoms with Crippen LogP contribution in [-0.2, 0) is 16.0 Å². The second kappa shape index (κ2) is 10.0. The monoisotopic (exact) mass is 370 g/mol. The van der Waals surface area contributed by atoms with Crippen molar-refractivity contribution in [1.29, 1.82) is 0 Å². The Morgan fingerprint density at radius 3 is 2.35 bits per heavy atom. The Labute approximate surface area is 160 Å². The standard InChI is InChI=1S/C21H26N2O2S/c1-16-9-11-19(12-10-16)26-15-20(24)23(17(2)21(25)22-3)14-13-18-7-5-4-6-8-18/h4-12,17H,13-15H2,1-3H3,(H,22,25)/t17-/m0/s1. The molecule has 26 heavy (non-hydrogen) atoms. The molecule has 5 heteroatoms. The lowest BCUT2D eigenvalue weighted by Crippen LogP contribution is -2.48. The molecule has 0 radical (unpaired) electrons. The highest BCUT2D eigenvalue weighted by atomic mass is 32.2. The normalized spacial score (nSPS) is 11.7. The number of thioether (sulfide) groups is 1. The number of hydrogen-bond donors (Lipinski definition) is 1. The van der Waals surface area contributed by atoms with Gasteiger partial charge in [0.05, 0.1) is 5.75 Å². The Morgan fingerprint density at radius 1 is 1.08 bits per heavy atom. The quantitative estimate of drug-likeness (QED) is 0.726. The molecule has 0 aliphatic carbocycles. The Hall–Kier alpha value is -2.27. The molecule has 1 N–H and O–H groups in total. The summed E-state index contributed by atoms with van der Waals surface area (Å²) in [5.74, 6) is 0.147. The predicted octanol–water partition coefficient (Wildman–Crippen LogP) is 3.29. The lowest BCUT2D eigenvalue weighted by Gasteiger charge is -2.28. The third-order valence-electron chi connectivity index (χ3n) is 4.28. The molecule has 1 atom stereocenters. The van der Waals surface area contributed by atoms with Gasteiger partial charge >= 0.3 is 0 Å². The minimum absolute atomic E-state index is 0.0254. The molecule has 2 amide bonds. The zero-order chi connectivity index (χ0) is 18.9. The molecule has 0 saturated heterocycles. The predicted molar refractivity (Wildman–Crippen MR) is 107 cm³/mol. The fraction of sp³-hybridized carbons (Fsp3) is 0.333. The molecule has 0 fully saturated rings. The average Bonchev–Trinajstić information content (AvgIpc) is 2.67. The van der Waals surface area contributed by atoms with Crippen LogP contribution in [0.2, 0.25) is 0 Å². The second-order valence-corrected chi connectivity index (χ2v) is 7.26. The first-order valence-electron chi connectivity index (χ1n) is 8.75. The van der Waals surface area contributed by atoms with E-state index in [1.54, 1.807) is 18.9 Å².